The third kappa shape index (κ3) is 15.6. The van der Waals surface area contributed by atoms with E-state index in [4.69, 9.17) is 12.2 Å². The lowest BCUT2D eigenvalue weighted by Crippen LogP contribution is -2.46. The van der Waals surface area contributed by atoms with Crippen molar-refractivity contribution in [2.45, 2.75) is 79.7 Å². The van der Waals surface area contributed by atoms with Gasteiger partial charge in [-0.2, -0.15) is 0 Å². The van der Waals surface area contributed by atoms with Gasteiger partial charge in [0, 0.05) is 12.1 Å². The number of thiocarbonyl (C=S) groups is 1. The van der Waals surface area contributed by atoms with Crippen molar-refractivity contribution >= 4 is 17.3 Å². The maximum Gasteiger partial charge on any atom is 0.166 e. The van der Waals surface area contributed by atoms with E-state index in [-0.39, 0.29) is 5.54 Å². The third-order valence-corrected chi connectivity index (χ3v) is 3.57. The van der Waals surface area contributed by atoms with Crippen LogP contribution in [0.4, 0.5) is 0 Å². The van der Waals surface area contributed by atoms with E-state index in [1.807, 2.05) is 0 Å². The Morgan fingerprint density at radius 3 is 1.91 bits per heavy atom. The quantitative estimate of drug-likeness (QED) is 0.441. The molecule has 0 heterocycles. The summed E-state index contributed by atoms with van der Waals surface area (Å²) in [7, 11) is 0. The van der Waals surface area contributed by atoms with Crippen molar-refractivity contribution in [3.05, 3.63) is 34.9 Å². The first kappa shape index (κ1) is 21.9. The molecule has 0 spiro atoms. The molecule has 132 valence electrons. The molecule has 0 saturated carbocycles. The molecule has 0 amide bonds. The summed E-state index contributed by atoms with van der Waals surface area (Å²) in [5.41, 5.74) is 4.31. The summed E-state index contributed by atoms with van der Waals surface area (Å²) in [5.74, 6) is 0. The molecule has 23 heavy (non-hydrogen) atoms. The molecule has 0 aromatic carbocycles. The van der Waals surface area contributed by atoms with Gasteiger partial charge in [-0.1, -0.05) is 34.9 Å². The lowest BCUT2D eigenvalue weighted by molar-refractivity contribution is 0.508. The van der Waals surface area contributed by atoms with Crippen LogP contribution < -0.4 is 10.6 Å². The Bertz CT molecular complexity index is 447. The fourth-order valence-corrected chi connectivity index (χ4v) is 2.43. The van der Waals surface area contributed by atoms with Crippen LogP contribution in [0.15, 0.2) is 34.9 Å². The topological polar surface area (TPSA) is 24.1 Å². The first-order valence-corrected chi connectivity index (χ1v) is 9.01. The summed E-state index contributed by atoms with van der Waals surface area (Å²) in [6, 6.07) is 0. The fraction of sp³-hybridized carbons (Fsp3) is 0.650. The highest BCUT2D eigenvalue weighted by Crippen LogP contribution is 2.11. The Kier molecular flexibility index (Phi) is 10.9. The van der Waals surface area contributed by atoms with E-state index in [1.165, 1.54) is 23.1 Å². The predicted molar refractivity (Wildman–Crippen MR) is 109 cm³/mol. The van der Waals surface area contributed by atoms with Crippen LogP contribution in [0.5, 0.6) is 0 Å². The second-order valence-electron chi connectivity index (χ2n) is 7.54. The summed E-state index contributed by atoms with van der Waals surface area (Å²) in [6.45, 7) is 15.8. The summed E-state index contributed by atoms with van der Waals surface area (Å²) in [5, 5.41) is 7.20. The summed E-state index contributed by atoms with van der Waals surface area (Å²) < 4.78 is 0. The molecule has 0 fully saturated rings. The average molecular weight is 337 g/mol. The van der Waals surface area contributed by atoms with Gasteiger partial charge < -0.3 is 10.6 Å². The van der Waals surface area contributed by atoms with Crippen molar-refractivity contribution < 1.29 is 0 Å². The average Bonchev–Trinajstić information content (AvgIpc) is 2.35. The van der Waals surface area contributed by atoms with E-state index >= 15 is 0 Å². The van der Waals surface area contributed by atoms with Gasteiger partial charge in [0.05, 0.1) is 0 Å². The molecule has 0 unspecified atom stereocenters. The van der Waals surface area contributed by atoms with Crippen LogP contribution in [0.25, 0.3) is 0 Å². The molecule has 0 atom stereocenters. The largest absolute Gasteiger partial charge is 0.359 e. The van der Waals surface area contributed by atoms with E-state index in [9.17, 15) is 0 Å². The highest BCUT2D eigenvalue weighted by molar-refractivity contribution is 7.80. The highest BCUT2D eigenvalue weighted by atomic mass is 32.1. The molecule has 0 aliphatic rings. The molecule has 0 aliphatic heterocycles. The monoisotopic (exact) mass is 336 g/mol. The Hall–Kier alpha value is -1.09. The van der Waals surface area contributed by atoms with Crippen LogP contribution in [-0.2, 0) is 0 Å². The molecule has 0 rings (SSSR count). The molecule has 0 aliphatic carbocycles. The van der Waals surface area contributed by atoms with Crippen LogP contribution >= 0.6 is 12.2 Å². The minimum absolute atomic E-state index is 0.0106. The van der Waals surface area contributed by atoms with Crippen LogP contribution in [-0.4, -0.2) is 17.2 Å². The normalized spacial score (nSPS) is 12.8. The molecule has 2 N–H and O–H groups in total. The first-order valence-electron chi connectivity index (χ1n) is 8.61. The van der Waals surface area contributed by atoms with Gasteiger partial charge in [-0.3, -0.25) is 0 Å². The predicted octanol–water partition coefficient (Wildman–Crippen LogP) is 5.67. The lowest BCUT2D eigenvalue weighted by atomic mass is 10.1. The zero-order chi connectivity index (χ0) is 17.9. The van der Waals surface area contributed by atoms with Gasteiger partial charge in [-0.25, -0.2) is 0 Å². The Morgan fingerprint density at radius 2 is 1.39 bits per heavy atom. The van der Waals surface area contributed by atoms with Crippen molar-refractivity contribution in [2.24, 2.45) is 0 Å². The molecule has 3 heteroatoms. The van der Waals surface area contributed by atoms with Gasteiger partial charge in [-0.15, -0.1) is 0 Å². The molecule has 0 aromatic heterocycles. The molecular weight excluding hydrogens is 300 g/mol. The van der Waals surface area contributed by atoms with Crippen LogP contribution in [0, 0.1) is 0 Å². The molecule has 0 aromatic rings. The maximum absolute atomic E-state index is 5.27. The Labute approximate surface area is 149 Å². The van der Waals surface area contributed by atoms with E-state index < -0.39 is 0 Å². The Balaban J connectivity index is 3.98. The summed E-state index contributed by atoms with van der Waals surface area (Å²) >= 11 is 5.27. The van der Waals surface area contributed by atoms with Gasteiger partial charge in [0.15, 0.2) is 5.11 Å². The number of nitrogens with one attached hydrogen (secondary N) is 2. The Morgan fingerprint density at radius 1 is 0.870 bits per heavy atom. The third-order valence-electron chi connectivity index (χ3n) is 3.32. The number of rotatable bonds is 8. The van der Waals surface area contributed by atoms with Gasteiger partial charge in [-0.05, 0) is 86.4 Å². The van der Waals surface area contributed by atoms with Gasteiger partial charge in [0.25, 0.3) is 0 Å². The highest BCUT2D eigenvalue weighted by Gasteiger charge is 2.09. The minimum Gasteiger partial charge on any atom is -0.359 e. The van der Waals surface area contributed by atoms with Gasteiger partial charge >= 0.3 is 0 Å². The summed E-state index contributed by atoms with van der Waals surface area (Å²) in [4.78, 5) is 0. The van der Waals surface area contributed by atoms with E-state index in [1.54, 1.807) is 0 Å². The molecular formula is C20H36N2S. The minimum atomic E-state index is 0.0106. The fourth-order valence-electron chi connectivity index (χ4n) is 2.04. The van der Waals surface area contributed by atoms with E-state index in [0.29, 0.717) is 0 Å². The molecule has 0 saturated heterocycles. The van der Waals surface area contributed by atoms with Crippen molar-refractivity contribution in [1.82, 2.24) is 10.6 Å². The maximum atomic E-state index is 5.27. The van der Waals surface area contributed by atoms with Crippen molar-refractivity contribution in [2.75, 3.05) is 6.54 Å². The van der Waals surface area contributed by atoms with Crippen LogP contribution in [0.1, 0.15) is 74.1 Å². The standard InChI is InChI=1S/C20H36N2S/c1-16(2)10-8-11-17(3)12-9-13-18(4)14-15-21-19(23)22-20(5,6)7/h10,12,14H,8-9,11,13,15H2,1-7H3,(H2,21,22,23)/b17-12+,18-14+. The number of hydrogen-bond donors (Lipinski definition) is 2. The van der Waals surface area contributed by atoms with E-state index in [0.717, 1.165) is 30.9 Å². The van der Waals surface area contributed by atoms with Gasteiger partial charge in [0.1, 0.15) is 0 Å². The first-order chi connectivity index (χ1) is 10.6. The second-order valence-corrected chi connectivity index (χ2v) is 7.95. The van der Waals surface area contributed by atoms with Gasteiger partial charge in [0.2, 0.25) is 0 Å². The zero-order valence-corrected chi connectivity index (χ0v) is 17.0. The molecule has 0 radical (unpaired) electrons. The number of hydrogen-bond acceptors (Lipinski definition) is 1. The zero-order valence-electron chi connectivity index (χ0n) is 16.2. The molecule has 0 bridgehead atoms. The van der Waals surface area contributed by atoms with Crippen LogP contribution in [0.3, 0.4) is 0 Å². The lowest BCUT2D eigenvalue weighted by Gasteiger charge is -2.22. The smallest absolute Gasteiger partial charge is 0.166 e. The summed E-state index contributed by atoms with van der Waals surface area (Å²) in [6.07, 6.45) is 11.5. The van der Waals surface area contributed by atoms with Crippen molar-refractivity contribution in [1.29, 1.82) is 0 Å². The number of allylic oxidation sites excluding steroid dienone is 5. The van der Waals surface area contributed by atoms with E-state index in [2.05, 4.69) is 77.3 Å². The van der Waals surface area contributed by atoms with Crippen molar-refractivity contribution in [3.63, 3.8) is 0 Å². The molecule has 2 nitrogen and oxygen atoms in total. The second kappa shape index (κ2) is 11.4. The van der Waals surface area contributed by atoms with Crippen LogP contribution in [0.2, 0.25) is 0 Å². The SMILES string of the molecule is CC(C)=CCC/C(C)=C/CC/C(C)=C/CNC(=S)NC(C)(C)C. The van der Waals surface area contributed by atoms with Crippen molar-refractivity contribution in [3.8, 4) is 0 Å².